The number of aromatic amines is 1. The molecule has 30 heavy (non-hydrogen) atoms. The number of hydrogen-bond acceptors (Lipinski definition) is 9. The van der Waals surface area contributed by atoms with Crippen molar-refractivity contribution in [1.29, 1.82) is 0 Å². The van der Waals surface area contributed by atoms with Crippen molar-refractivity contribution in [2.75, 3.05) is 12.3 Å². The van der Waals surface area contributed by atoms with E-state index in [4.69, 9.17) is 15.2 Å². The standard InChI is InChI=1S/C17H15N3O10/c1-3-29-13-8(30-6(2)21)5-4-7(12(13)20(27)28)9-10(16(23)24)14(18)19-15(22)11(9)17(25)26/h4-5H,3H2,1-2H3,(H,23,24)(H,25,26)(H3,18,19,22). The number of esters is 1. The van der Waals surface area contributed by atoms with Crippen LogP contribution in [0.2, 0.25) is 0 Å². The van der Waals surface area contributed by atoms with E-state index in [-0.39, 0.29) is 12.4 Å². The Morgan fingerprint density at radius 2 is 1.80 bits per heavy atom. The van der Waals surface area contributed by atoms with Crippen molar-refractivity contribution >= 4 is 29.4 Å². The maximum atomic E-state index is 12.2. The minimum absolute atomic E-state index is 0.117. The molecule has 1 aromatic carbocycles. The first-order valence-electron chi connectivity index (χ1n) is 8.16. The summed E-state index contributed by atoms with van der Waals surface area (Å²) in [6, 6.07) is 1.98. The van der Waals surface area contributed by atoms with Gasteiger partial charge in [0.15, 0.2) is 5.75 Å². The van der Waals surface area contributed by atoms with E-state index in [2.05, 4.69) is 0 Å². The Morgan fingerprint density at radius 3 is 2.27 bits per heavy atom. The predicted molar refractivity (Wildman–Crippen MR) is 100.0 cm³/mol. The molecule has 0 aliphatic heterocycles. The molecule has 0 aliphatic carbocycles. The van der Waals surface area contributed by atoms with Crippen LogP contribution >= 0.6 is 0 Å². The Balaban J connectivity index is 3.11. The third kappa shape index (κ3) is 3.89. The fourth-order valence-corrected chi connectivity index (χ4v) is 2.77. The number of nitrogen functional groups attached to an aromatic ring is 1. The third-order valence-electron chi connectivity index (χ3n) is 3.76. The molecule has 5 N–H and O–H groups in total. The van der Waals surface area contributed by atoms with Crippen molar-refractivity contribution in [1.82, 2.24) is 4.98 Å². The summed E-state index contributed by atoms with van der Waals surface area (Å²) >= 11 is 0. The molecule has 0 fully saturated rings. The van der Waals surface area contributed by atoms with E-state index in [0.717, 1.165) is 19.1 Å². The van der Waals surface area contributed by atoms with E-state index in [0.29, 0.717) is 0 Å². The maximum Gasteiger partial charge on any atom is 0.342 e. The summed E-state index contributed by atoms with van der Waals surface area (Å²) in [4.78, 5) is 59.7. The molecule has 0 atom stereocenters. The summed E-state index contributed by atoms with van der Waals surface area (Å²) in [6.45, 7) is 2.40. The second-order valence-electron chi connectivity index (χ2n) is 5.68. The largest absolute Gasteiger partial charge is 0.485 e. The lowest BCUT2D eigenvalue weighted by atomic mass is 9.93. The molecule has 1 aromatic heterocycles. The lowest BCUT2D eigenvalue weighted by molar-refractivity contribution is -0.385. The molecule has 158 valence electrons. The van der Waals surface area contributed by atoms with Gasteiger partial charge in [0, 0.05) is 12.5 Å². The molecule has 1 heterocycles. The van der Waals surface area contributed by atoms with Gasteiger partial charge < -0.3 is 30.4 Å². The Bertz CT molecular complexity index is 1140. The SMILES string of the molecule is CCOc1c(OC(C)=O)ccc(-c2c(C(=O)O)c(N)[nH]c(=O)c2C(=O)O)c1[N+](=O)[O-]. The van der Waals surface area contributed by atoms with Gasteiger partial charge in [0.25, 0.3) is 5.56 Å². The first-order valence-corrected chi connectivity index (χ1v) is 8.16. The first kappa shape index (κ1) is 21.9. The first-order chi connectivity index (χ1) is 14.0. The molecule has 2 rings (SSSR count). The van der Waals surface area contributed by atoms with E-state index in [1.165, 1.54) is 6.92 Å². The van der Waals surface area contributed by atoms with Gasteiger partial charge in [-0.3, -0.25) is 19.7 Å². The van der Waals surface area contributed by atoms with Crippen LogP contribution in [-0.4, -0.2) is 44.6 Å². The van der Waals surface area contributed by atoms with Gasteiger partial charge in [0.2, 0.25) is 5.75 Å². The number of benzene rings is 1. The second kappa shape index (κ2) is 8.30. The number of pyridine rings is 1. The number of nitrogens with zero attached hydrogens (tertiary/aromatic N) is 1. The van der Waals surface area contributed by atoms with Crippen LogP contribution in [-0.2, 0) is 4.79 Å². The third-order valence-corrected chi connectivity index (χ3v) is 3.76. The number of aromatic nitrogens is 1. The van der Waals surface area contributed by atoms with Gasteiger partial charge in [-0.2, -0.15) is 0 Å². The number of anilines is 1. The summed E-state index contributed by atoms with van der Waals surface area (Å²) < 4.78 is 10.1. The van der Waals surface area contributed by atoms with E-state index >= 15 is 0 Å². The minimum Gasteiger partial charge on any atom is -0.485 e. The van der Waals surface area contributed by atoms with Gasteiger partial charge in [-0.15, -0.1) is 0 Å². The highest BCUT2D eigenvalue weighted by atomic mass is 16.6. The quantitative estimate of drug-likeness (QED) is 0.216. The van der Waals surface area contributed by atoms with Gasteiger partial charge in [0.05, 0.1) is 17.1 Å². The zero-order valence-electron chi connectivity index (χ0n) is 15.5. The van der Waals surface area contributed by atoms with Crippen molar-refractivity contribution in [3.8, 4) is 22.6 Å². The van der Waals surface area contributed by atoms with Crippen LogP contribution in [0.15, 0.2) is 16.9 Å². The highest BCUT2D eigenvalue weighted by Gasteiger charge is 2.34. The van der Waals surface area contributed by atoms with Crippen molar-refractivity contribution in [2.45, 2.75) is 13.8 Å². The number of carbonyl (C=O) groups is 3. The lowest BCUT2D eigenvalue weighted by Crippen LogP contribution is -2.24. The Labute approximate surface area is 166 Å². The Kier molecular flexibility index (Phi) is 6.05. The van der Waals surface area contributed by atoms with Crippen LogP contribution < -0.4 is 20.8 Å². The number of nitro groups is 1. The molecular weight excluding hydrogens is 406 g/mol. The number of hydrogen-bond donors (Lipinski definition) is 4. The highest BCUT2D eigenvalue weighted by Crippen LogP contribution is 2.46. The van der Waals surface area contributed by atoms with Crippen LogP contribution in [0.4, 0.5) is 11.5 Å². The smallest absolute Gasteiger partial charge is 0.342 e. The molecule has 0 unspecified atom stereocenters. The van der Waals surface area contributed by atoms with Crippen molar-refractivity contribution in [3.63, 3.8) is 0 Å². The highest BCUT2D eigenvalue weighted by molar-refractivity contribution is 6.08. The minimum atomic E-state index is -1.84. The van der Waals surface area contributed by atoms with E-state index in [1.54, 1.807) is 0 Å². The Morgan fingerprint density at radius 1 is 1.20 bits per heavy atom. The van der Waals surface area contributed by atoms with Crippen LogP contribution in [0.3, 0.4) is 0 Å². The summed E-state index contributed by atoms with van der Waals surface area (Å²) in [5.74, 6) is -6.02. The predicted octanol–water partition coefficient (Wildman–Crippen LogP) is 1.25. The summed E-state index contributed by atoms with van der Waals surface area (Å²) in [7, 11) is 0. The van der Waals surface area contributed by atoms with Gasteiger partial charge in [-0.05, 0) is 19.1 Å². The van der Waals surface area contributed by atoms with Crippen molar-refractivity contribution in [3.05, 3.63) is 43.7 Å². The fourth-order valence-electron chi connectivity index (χ4n) is 2.77. The number of nitrogens with one attached hydrogen (secondary N) is 1. The molecule has 13 heteroatoms. The number of aromatic carboxylic acids is 2. The fraction of sp³-hybridized carbons (Fsp3) is 0.176. The number of nitrogens with two attached hydrogens (primary N) is 1. The zero-order chi connectivity index (χ0) is 22.7. The molecule has 2 aromatic rings. The van der Waals surface area contributed by atoms with Gasteiger partial charge in [-0.1, -0.05) is 0 Å². The van der Waals surface area contributed by atoms with Gasteiger partial charge >= 0.3 is 23.6 Å². The lowest BCUT2D eigenvalue weighted by Gasteiger charge is -2.16. The van der Waals surface area contributed by atoms with E-state index < -0.39 is 67.9 Å². The molecule has 0 saturated carbocycles. The molecular formula is C17H15N3O10. The molecule has 0 saturated heterocycles. The number of carboxylic acids is 2. The van der Waals surface area contributed by atoms with Crippen molar-refractivity contribution in [2.24, 2.45) is 0 Å². The maximum absolute atomic E-state index is 12.2. The summed E-state index contributed by atoms with van der Waals surface area (Å²) in [5, 5.41) is 30.8. The molecule has 0 spiro atoms. The summed E-state index contributed by atoms with van der Waals surface area (Å²) in [5.41, 5.74) is 0.0599. The number of H-pyrrole nitrogens is 1. The molecule has 0 radical (unpaired) electrons. The number of carbonyl (C=O) groups excluding carboxylic acids is 1. The van der Waals surface area contributed by atoms with Crippen LogP contribution in [0.25, 0.3) is 11.1 Å². The Hall–Kier alpha value is -4.42. The summed E-state index contributed by atoms with van der Waals surface area (Å²) in [6.07, 6.45) is 0. The number of nitro benzene ring substituents is 1. The average Bonchev–Trinajstić information content (AvgIpc) is 2.60. The van der Waals surface area contributed by atoms with Gasteiger partial charge in [-0.25, -0.2) is 9.59 Å². The number of ether oxygens (including phenoxy) is 2. The van der Waals surface area contributed by atoms with Crippen molar-refractivity contribution < 1.29 is 39.0 Å². The van der Waals surface area contributed by atoms with Gasteiger partial charge in [0.1, 0.15) is 16.9 Å². The zero-order valence-corrected chi connectivity index (χ0v) is 15.5. The number of carboxylic acid groups (broad SMARTS) is 2. The molecule has 0 aliphatic rings. The number of rotatable bonds is 7. The van der Waals surface area contributed by atoms with E-state index in [1.807, 2.05) is 4.98 Å². The molecule has 13 nitrogen and oxygen atoms in total. The molecule has 0 amide bonds. The van der Waals surface area contributed by atoms with E-state index in [9.17, 15) is 39.5 Å². The topological polar surface area (TPSA) is 212 Å². The average molecular weight is 421 g/mol. The monoisotopic (exact) mass is 421 g/mol. The molecule has 0 bridgehead atoms. The van der Waals surface area contributed by atoms with Crippen LogP contribution in [0.5, 0.6) is 11.5 Å². The second-order valence-corrected chi connectivity index (χ2v) is 5.68. The van der Waals surface area contributed by atoms with Crippen LogP contribution in [0.1, 0.15) is 34.6 Å². The van der Waals surface area contributed by atoms with Crippen LogP contribution in [0, 0.1) is 10.1 Å². The normalized spacial score (nSPS) is 10.3.